The molecule has 64 valence electrons. The predicted octanol–water partition coefficient (Wildman–Crippen LogP) is -7.93. The second-order valence-electron chi connectivity index (χ2n) is 0.922. The topological polar surface area (TPSA) is 141 Å². The molecule has 0 aliphatic heterocycles. The second kappa shape index (κ2) is 10.6. The molecule has 0 unspecified atom stereocenters. The van der Waals surface area contributed by atoms with Gasteiger partial charge < -0.3 is 23.8 Å². The van der Waals surface area contributed by atoms with Crippen LogP contribution in [0.1, 0.15) is 0 Å². The van der Waals surface area contributed by atoms with Gasteiger partial charge in [0, 0.05) is 0 Å². The van der Waals surface area contributed by atoms with Crippen LogP contribution in [0.5, 0.6) is 0 Å². The molecular formula is H3KNaO7PS2. The van der Waals surface area contributed by atoms with Gasteiger partial charge in [0.05, 0.1) is 0 Å². The molecule has 0 heterocycles. The Morgan fingerprint density at radius 2 is 1.25 bits per heavy atom. The summed E-state index contributed by atoms with van der Waals surface area (Å²) in [6, 6.07) is 0. The van der Waals surface area contributed by atoms with Gasteiger partial charge in [-0.15, -0.1) is 9.05 Å². The zero-order chi connectivity index (χ0) is 9.00. The van der Waals surface area contributed by atoms with Crippen LogP contribution in [0.3, 0.4) is 0 Å². The molecule has 0 spiro atoms. The molecule has 0 aromatic carbocycles. The average molecular weight is 272 g/mol. The third kappa shape index (κ3) is 205. The largest absolute Gasteiger partial charge is 1.00 e. The quantitative estimate of drug-likeness (QED) is 0.291. The summed E-state index contributed by atoms with van der Waals surface area (Å²) in [6.07, 6.45) is 0. The van der Waals surface area contributed by atoms with Crippen LogP contribution < -0.4 is 80.9 Å². The molecule has 0 amide bonds. The Balaban J connectivity index is -0.0000000457. The summed E-state index contributed by atoms with van der Waals surface area (Å²) < 4.78 is 35.6. The molecular weight excluding hydrogens is 269 g/mol. The standard InChI is InChI=1S/K.Na.H3O4P.H2O3S2/c;;2*1-5(2,3)4/h;;(H3,1,2,3,4);(H2,1,2,3,4)/q2*+1;;/p-2. The number of rotatable bonds is 0. The summed E-state index contributed by atoms with van der Waals surface area (Å²) >= 11 is 3.24. The van der Waals surface area contributed by atoms with Crippen molar-refractivity contribution >= 4 is 28.1 Å². The summed E-state index contributed by atoms with van der Waals surface area (Å²) in [5.74, 6) is 0. The third-order valence-electron chi connectivity index (χ3n) is 0. The maximum absolute atomic E-state index is 8.89. The van der Waals surface area contributed by atoms with Gasteiger partial charge in [-0.3, -0.25) is 4.21 Å². The Bertz CT molecular complexity index is 199. The first kappa shape index (κ1) is 24.3. The smallest absolute Gasteiger partial charge is 0.780 e. The van der Waals surface area contributed by atoms with Crippen molar-refractivity contribution < 1.29 is 114 Å². The molecule has 0 aromatic heterocycles. The number of hydrogen-bond donors (Lipinski definition) is 3. The van der Waals surface area contributed by atoms with Gasteiger partial charge in [-0.05, 0) is 11.2 Å². The Morgan fingerprint density at radius 1 is 1.25 bits per heavy atom. The first-order valence-electron chi connectivity index (χ1n) is 1.45. The van der Waals surface area contributed by atoms with Crippen LogP contribution in [0.2, 0.25) is 0 Å². The van der Waals surface area contributed by atoms with Crippen molar-refractivity contribution in [3.63, 3.8) is 0 Å². The zero-order valence-electron chi connectivity index (χ0n) is 6.24. The van der Waals surface area contributed by atoms with Gasteiger partial charge in [0.25, 0.3) is 0 Å². The Kier molecular flexibility index (Phi) is 21.4. The minimum Gasteiger partial charge on any atom is -0.780 e. The summed E-state index contributed by atoms with van der Waals surface area (Å²) in [7, 11) is -8.97. The van der Waals surface area contributed by atoms with Gasteiger partial charge in [-0.25, -0.2) is 4.57 Å². The van der Waals surface area contributed by atoms with E-state index < -0.39 is 16.9 Å². The molecule has 0 rings (SSSR count). The van der Waals surface area contributed by atoms with E-state index in [1.165, 1.54) is 0 Å². The maximum Gasteiger partial charge on any atom is 1.00 e. The SMILES string of the molecule is O=P(O)(O)O.O=S([O-])([O-])=S.[K+].[Na+]. The van der Waals surface area contributed by atoms with Gasteiger partial charge in [0.15, 0.2) is 0 Å². The fourth-order valence-corrected chi connectivity index (χ4v) is 0. The number of hydrogen-bond acceptors (Lipinski definition) is 5. The predicted molar refractivity (Wildman–Crippen MR) is 31.3 cm³/mol. The molecule has 0 saturated carbocycles. The van der Waals surface area contributed by atoms with Crippen LogP contribution in [0, 0.1) is 0 Å². The fraction of sp³-hybridized carbons (Fsp3) is 0. The van der Waals surface area contributed by atoms with Gasteiger partial charge in [0.1, 0.15) is 0 Å². The van der Waals surface area contributed by atoms with Crippen molar-refractivity contribution in [1.29, 1.82) is 0 Å². The number of phosphoric acid groups is 1. The van der Waals surface area contributed by atoms with E-state index in [1.54, 1.807) is 0 Å². The van der Waals surface area contributed by atoms with Crippen molar-refractivity contribution in [3.05, 3.63) is 0 Å². The van der Waals surface area contributed by atoms with E-state index in [9.17, 15) is 0 Å². The second-order valence-corrected chi connectivity index (χ2v) is 3.99. The maximum atomic E-state index is 8.89. The van der Waals surface area contributed by atoms with Crippen molar-refractivity contribution in [2.75, 3.05) is 0 Å². The summed E-state index contributed by atoms with van der Waals surface area (Å²) in [4.78, 5) is 21.6. The molecule has 12 heteroatoms. The molecule has 7 nitrogen and oxygen atoms in total. The van der Waals surface area contributed by atoms with Gasteiger partial charge >= 0.3 is 88.8 Å². The molecule has 0 saturated heterocycles. The van der Waals surface area contributed by atoms with E-state index in [2.05, 4.69) is 11.2 Å². The Hall–Kier alpha value is 3.04. The van der Waals surface area contributed by atoms with Gasteiger partial charge in [0.2, 0.25) is 0 Å². The van der Waals surface area contributed by atoms with E-state index in [0.717, 1.165) is 0 Å². The molecule has 0 aromatic rings. The Labute approximate surface area is 139 Å². The van der Waals surface area contributed by atoms with Gasteiger partial charge in [-0.1, -0.05) is 0 Å². The Morgan fingerprint density at radius 3 is 1.25 bits per heavy atom. The summed E-state index contributed by atoms with van der Waals surface area (Å²) in [6.45, 7) is 0. The molecule has 0 bridgehead atoms. The van der Waals surface area contributed by atoms with E-state index in [-0.39, 0.29) is 80.9 Å². The van der Waals surface area contributed by atoms with Crippen molar-refractivity contribution in [2.24, 2.45) is 0 Å². The van der Waals surface area contributed by atoms with E-state index in [1.807, 2.05) is 0 Å². The monoisotopic (exact) mass is 272 g/mol. The first-order chi connectivity index (χ1) is 4.00. The van der Waals surface area contributed by atoms with Crippen LogP contribution >= 0.6 is 7.82 Å². The van der Waals surface area contributed by atoms with Crippen molar-refractivity contribution in [2.45, 2.75) is 0 Å². The van der Waals surface area contributed by atoms with Gasteiger partial charge in [-0.2, -0.15) is 0 Å². The van der Waals surface area contributed by atoms with E-state index in [0.29, 0.717) is 0 Å². The molecule has 0 aliphatic carbocycles. The summed E-state index contributed by atoms with van der Waals surface area (Å²) in [5.41, 5.74) is 0. The van der Waals surface area contributed by atoms with Crippen molar-refractivity contribution in [1.82, 2.24) is 0 Å². The average Bonchev–Trinajstić information content (AvgIpc) is 1.12. The molecule has 3 N–H and O–H groups in total. The van der Waals surface area contributed by atoms with E-state index >= 15 is 0 Å². The van der Waals surface area contributed by atoms with E-state index in [4.69, 9.17) is 32.6 Å². The molecule has 0 aliphatic rings. The first-order valence-corrected chi connectivity index (χ1v) is 5.35. The molecule has 0 fully saturated rings. The van der Waals surface area contributed by atoms with Crippen LogP contribution in [-0.4, -0.2) is 28.0 Å². The third-order valence-corrected chi connectivity index (χ3v) is 0. The van der Waals surface area contributed by atoms with Crippen LogP contribution in [0.4, 0.5) is 0 Å². The van der Waals surface area contributed by atoms with Crippen LogP contribution in [0.15, 0.2) is 0 Å². The molecule has 0 atom stereocenters. The minimum atomic E-state index is -4.64. The zero-order valence-corrected chi connectivity index (χ0v) is 13.9. The minimum absolute atomic E-state index is 0. The summed E-state index contributed by atoms with van der Waals surface area (Å²) in [5, 5.41) is 0. The van der Waals surface area contributed by atoms with Crippen LogP contribution in [-0.2, 0) is 24.8 Å². The van der Waals surface area contributed by atoms with Crippen molar-refractivity contribution in [3.8, 4) is 0 Å². The molecule has 0 radical (unpaired) electrons. The normalized spacial score (nSPS) is 9.75. The molecule has 12 heavy (non-hydrogen) atoms. The fourth-order valence-electron chi connectivity index (χ4n) is 0. The van der Waals surface area contributed by atoms with Crippen LogP contribution in [0.25, 0.3) is 0 Å².